The van der Waals surface area contributed by atoms with Crippen LogP contribution in [0.1, 0.15) is 30.9 Å². The average Bonchev–Trinajstić information content (AvgIpc) is 2.64. The number of carbonyl (C=O) groups excluding carboxylic acids is 1. The van der Waals surface area contributed by atoms with Gasteiger partial charge in [0.15, 0.2) is 5.96 Å². The maximum absolute atomic E-state index is 13.9. The SMILES string of the molecule is CCOC(=O)C1CCCN(C(=NC)NCc2cc(C#N)ccc2F)C1.I. The Balaban J connectivity index is 0.00000338. The second kappa shape index (κ2) is 11.0. The molecule has 1 heterocycles. The Morgan fingerprint density at radius 3 is 2.96 bits per heavy atom. The van der Waals surface area contributed by atoms with E-state index in [2.05, 4.69) is 10.3 Å². The van der Waals surface area contributed by atoms with Gasteiger partial charge in [0, 0.05) is 32.2 Å². The van der Waals surface area contributed by atoms with Crippen LogP contribution in [0, 0.1) is 23.1 Å². The molecule has 1 fully saturated rings. The molecule has 1 atom stereocenters. The molecule has 26 heavy (non-hydrogen) atoms. The second-order valence-electron chi connectivity index (χ2n) is 5.86. The van der Waals surface area contributed by atoms with Gasteiger partial charge in [-0.3, -0.25) is 9.79 Å². The standard InChI is InChI=1S/C18H23FN4O2.HI/c1-3-25-17(24)14-5-4-8-23(12-14)18(21-2)22-11-15-9-13(10-20)6-7-16(15)19;/h6-7,9,14H,3-5,8,11-12H2,1-2H3,(H,21,22);1H. The van der Waals surface area contributed by atoms with Crippen LogP contribution in [0.5, 0.6) is 0 Å². The van der Waals surface area contributed by atoms with Crippen molar-refractivity contribution < 1.29 is 13.9 Å². The highest BCUT2D eigenvalue weighted by Gasteiger charge is 2.28. The average molecular weight is 474 g/mol. The van der Waals surface area contributed by atoms with E-state index >= 15 is 0 Å². The Labute approximate surface area is 170 Å². The van der Waals surface area contributed by atoms with Crippen molar-refractivity contribution >= 4 is 35.9 Å². The van der Waals surface area contributed by atoms with Crippen molar-refractivity contribution in [3.05, 3.63) is 35.1 Å². The van der Waals surface area contributed by atoms with Gasteiger partial charge in [0.2, 0.25) is 0 Å². The minimum Gasteiger partial charge on any atom is -0.466 e. The van der Waals surface area contributed by atoms with Crippen LogP contribution in [-0.2, 0) is 16.1 Å². The highest BCUT2D eigenvalue weighted by molar-refractivity contribution is 14.0. The van der Waals surface area contributed by atoms with Crippen LogP contribution in [0.25, 0.3) is 0 Å². The van der Waals surface area contributed by atoms with Gasteiger partial charge < -0.3 is 15.0 Å². The van der Waals surface area contributed by atoms with E-state index in [0.717, 1.165) is 19.4 Å². The topological polar surface area (TPSA) is 77.7 Å². The lowest BCUT2D eigenvalue weighted by Gasteiger charge is -2.34. The van der Waals surface area contributed by atoms with Crippen molar-refractivity contribution in [2.45, 2.75) is 26.3 Å². The zero-order chi connectivity index (χ0) is 18.2. The first kappa shape index (κ1) is 22.2. The quantitative estimate of drug-likeness (QED) is 0.314. The molecule has 142 valence electrons. The number of carbonyl (C=O) groups is 1. The molecular weight excluding hydrogens is 450 g/mol. The molecule has 1 saturated heterocycles. The van der Waals surface area contributed by atoms with Gasteiger partial charge in [-0.2, -0.15) is 5.26 Å². The monoisotopic (exact) mass is 474 g/mol. The Morgan fingerprint density at radius 1 is 1.54 bits per heavy atom. The zero-order valence-corrected chi connectivity index (χ0v) is 17.3. The third-order valence-electron chi connectivity index (χ3n) is 4.16. The number of piperidine rings is 1. The molecule has 0 aliphatic carbocycles. The fourth-order valence-electron chi connectivity index (χ4n) is 2.91. The van der Waals surface area contributed by atoms with Gasteiger partial charge in [0.05, 0.1) is 24.2 Å². The number of benzene rings is 1. The van der Waals surface area contributed by atoms with Crippen molar-refractivity contribution in [1.29, 1.82) is 5.26 Å². The molecule has 1 aliphatic rings. The highest BCUT2D eigenvalue weighted by Crippen LogP contribution is 2.18. The van der Waals surface area contributed by atoms with E-state index in [1.165, 1.54) is 18.2 Å². The third kappa shape index (κ3) is 5.83. The third-order valence-corrected chi connectivity index (χ3v) is 4.16. The van der Waals surface area contributed by atoms with E-state index < -0.39 is 0 Å². The molecule has 1 aromatic rings. The van der Waals surface area contributed by atoms with Gasteiger partial charge in [-0.25, -0.2) is 4.39 Å². The van der Waals surface area contributed by atoms with E-state index in [0.29, 0.717) is 30.2 Å². The van der Waals surface area contributed by atoms with Crippen LogP contribution in [0.4, 0.5) is 4.39 Å². The number of nitrogens with one attached hydrogen (secondary N) is 1. The summed E-state index contributed by atoms with van der Waals surface area (Å²) in [4.78, 5) is 18.2. The van der Waals surface area contributed by atoms with Crippen LogP contribution in [-0.4, -0.2) is 43.6 Å². The largest absolute Gasteiger partial charge is 0.466 e. The molecule has 1 N–H and O–H groups in total. The number of nitrogens with zero attached hydrogens (tertiary/aromatic N) is 3. The first-order valence-corrected chi connectivity index (χ1v) is 8.39. The number of likely N-dealkylation sites (tertiary alicyclic amines) is 1. The second-order valence-corrected chi connectivity index (χ2v) is 5.86. The molecule has 2 rings (SSSR count). The molecule has 1 unspecified atom stereocenters. The molecular formula is C18H24FIN4O2. The Hall–Kier alpha value is -1.89. The molecule has 1 aromatic carbocycles. The number of ether oxygens (including phenoxy) is 1. The number of esters is 1. The fraction of sp³-hybridized carbons (Fsp3) is 0.500. The van der Waals surface area contributed by atoms with Crippen LogP contribution in [0.2, 0.25) is 0 Å². The molecule has 1 aliphatic heterocycles. The predicted octanol–water partition coefficient (Wildman–Crippen LogP) is 2.67. The van der Waals surface area contributed by atoms with Gasteiger partial charge in [-0.15, -0.1) is 24.0 Å². The summed E-state index contributed by atoms with van der Waals surface area (Å²) < 4.78 is 19.0. The molecule has 6 nitrogen and oxygen atoms in total. The molecule has 0 radical (unpaired) electrons. The molecule has 0 amide bonds. The predicted molar refractivity (Wildman–Crippen MR) is 108 cm³/mol. The number of hydrogen-bond donors (Lipinski definition) is 1. The molecule has 0 aromatic heterocycles. The van der Waals surface area contributed by atoms with Crippen LogP contribution in [0.15, 0.2) is 23.2 Å². The van der Waals surface area contributed by atoms with E-state index in [-0.39, 0.29) is 48.2 Å². The normalized spacial score (nSPS) is 17.1. The molecule has 0 bridgehead atoms. The summed E-state index contributed by atoms with van der Waals surface area (Å²) in [6.45, 7) is 3.68. The summed E-state index contributed by atoms with van der Waals surface area (Å²) in [7, 11) is 1.65. The summed E-state index contributed by atoms with van der Waals surface area (Å²) in [5.74, 6) is -0.123. The summed E-state index contributed by atoms with van der Waals surface area (Å²) >= 11 is 0. The van der Waals surface area contributed by atoms with Gasteiger partial charge in [-0.05, 0) is 38.0 Å². The van der Waals surface area contributed by atoms with Gasteiger partial charge >= 0.3 is 5.97 Å². The highest BCUT2D eigenvalue weighted by atomic mass is 127. The molecule has 0 spiro atoms. The first-order valence-electron chi connectivity index (χ1n) is 8.39. The van der Waals surface area contributed by atoms with Crippen molar-refractivity contribution in [2.75, 3.05) is 26.7 Å². The summed E-state index contributed by atoms with van der Waals surface area (Å²) in [6.07, 6.45) is 1.66. The lowest BCUT2D eigenvalue weighted by atomic mass is 9.98. The lowest BCUT2D eigenvalue weighted by Crippen LogP contribution is -2.48. The summed E-state index contributed by atoms with van der Waals surface area (Å²) in [6, 6.07) is 6.26. The van der Waals surface area contributed by atoms with Crippen molar-refractivity contribution in [2.24, 2.45) is 10.9 Å². The van der Waals surface area contributed by atoms with Gasteiger partial charge in [-0.1, -0.05) is 0 Å². The Morgan fingerprint density at radius 2 is 2.31 bits per heavy atom. The minimum absolute atomic E-state index is 0. The summed E-state index contributed by atoms with van der Waals surface area (Å²) in [5, 5.41) is 12.1. The zero-order valence-electron chi connectivity index (χ0n) is 15.0. The van der Waals surface area contributed by atoms with E-state index in [4.69, 9.17) is 10.00 Å². The van der Waals surface area contributed by atoms with E-state index in [1.807, 2.05) is 11.0 Å². The number of aliphatic imine (C=N–C) groups is 1. The minimum atomic E-state index is -0.370. The van der Waals surface area contributed by atoms with E-state index in [1.54, 1.807) is 14.0 Å². The number of hydrogen-bond acceptors (Lipinski definition) is 4. The Kier molecular flexibility index (Phi) is 9.34. The lowest BCUT2D eigenvalue weighted by molar-refractivity contribution is -0.149. The number of halogens is 2. The van der Waals surface area contributed by atoms with Crippen molar-refractivity contribution in [3.8, 4) is 6.07 Å². The first-order chi connectivity index (χ1) is 12.1. The van der Waals surface area contributed by atoms with Crippen LogP contribution in [0.3, 0.4) is 0 Å². The number of nitriles is 1. The molecule has 0 saturated carbocycles. The summed E-state index contributed by atoms with van der Waals surface area (Å²) in [5.41, 5.74) is 0.813. The van der Waals surface area contributed by atoms with E-state index in [9.17, 15) is 9.18 Å². The Bertz CT molecular complexity index is 690. The van der Waals surface area contributed by atoms with Crippen LogP contribution < -0.4 is 5.32 Å². The smallest absolute Gasteiger partial charge is 0.310 e. The fourth-order valence-corrected chi connectivity index (χ4v) is 2.91. The number of rotatable bonds is 4. The van der Waals surface area contributed by atoms with Gasteiger partial charge in [0.25, 0.3) is 0 Å². The van der Waals surface area contributed by atoms with Crippen LogP contribution >= 0.6 is 24.0 Å². The number of guanidine groups is 1. The maximum atomic E-state index is 13.9. The van der Waals surface area contributed by atoms with Crippen molar-refractivity contribution in [1.82, 2.24) is 10.2 Å². The molecule has 8 heteroatoms. The maximum Gasteiger partial charge on any atom is 0.310 e. The van der Waals surface area contributed by atoms with Gasteiger partial charge in [0.1, 0.15) is 5.82 Å². The van der Waals surface area contributed by atoms with Crippen molar-refractivity contribution in [3.63, 3.8) is 0 Å².